The Hall–Kier alpha value is -2.46. The van der Waals surface area contributed by atoms with Crippen molar-refractivity contribution in [2.24, 2.45) is 5.92 Å². The van der Waals surface area contributed by atoms with Crippen LogP contribution in [0.3, 0.4) is 0 Å². The fourth-order valence-corrected chi connectivity index (χ4v) is 3.61. The molecule has 1 fully saturated rings. The molecule has 1 aliphatic rings. The van der Waals surface area contributed by atoms with E-state index >= 15 is 0 Å². The molecule has 4 rings (SSSR count). The summed E-state index contributed by atoms with van der Waals surface area (Å²) in [7, 11) is 0. The third-order valence-electron chi connectivity index (χ3n) is 5.11. The first-order chi connectivity index (χ1) is 12.2. The number of pyridine rings is 1. The molecule has 1 N–H and O–H groups in total. The van der Waals surface area contributed by atoms with Crippen molar-refractivity contribution in [3.8, 4) is 0 Å². The second-order valence-electron chi connectivity index (χ2n) is 6.68. The van der Waals surface area contributed by atoms with Crippen molar-refractivity contribution < 1.29 is 9.50 Å². The smallest absolute Gasteiger partial charge is 0.129 e. The fourth-order valence-electron chi connectivity index (χ4n) is 3.61. The molecule has 1 unspecified atom stereocenters. The fraction of sp³-hybridized carbons (Fsp3) is 0.286. The lowest BCUT2D eigenvalue weighted by Gasteiger charge is -2.35. The maximum atomic E-state index is 13.0. The molecule has 0 spiro atoms. The predicted molar refractivity (Wildman–Crippen MR) is 98.0 cm³/mol. The van der Waals surface area contributed by atoms with Crippen LogP contribution in [-0.4, -0.2) is 23.2 Å². The van der Waals surface area contributed by atoms with Crippen molar-refractivity contribution in [3.05, 3.63) is 72.0 Å². The van der Waals surface area contributed by atoms with E-state index in [1.807, 2.05) is 18.2 Å². The second kappa shape index (κ2) is 6.81. The number of halogens is 1. The van der Waals surface area contributed by atoms with E-state index in [0.717, 1.165) is 48.2 Å². The number of para-hydroxylation sites is 1. The molecule has 4 heteroatoms. The van der Waals surface area contributed by atoms with Crippen LogP contribution in [0.4, 0.5) is 10.2 Å². The molecule has 0 radical (unpaired) electrons. The molecule has 0 bridgehead atoms. The topological polar surface area (TPSA) is 36.4 Å². The molecule has 2 heterocycles. The Balaban J connectivity index is 1.44. The molecule has 128 valence electrons. The van der Waals surface area contributed by atoms with Crippen molar-refractivity contribution in [1.29, 1.82) is 0 Å². The number of hydrogen-bond acceptors (Lipinski definition) is 3. The van der Waals surface area contributed by atoms with E-state index in [1.54, 1.807) is 12.1 Å². The SMILES string of the molecule is OC(c1ccc(F)cc1)C1CCN(c2ccc3ccccc3n2)CC1. The summed E-state index contributed by atoms with van der Waals surface area (Å²) >= 11 is 0. The number of nitrogens with zero attached hydrogens (tertiary/aromatic N) is 2. The molecular weight excluding hydrogens is 315 g/mol. The first kappa shape index (κ1) is 16.0. The zero-order chi connectivity index (χ0) is 17.2. The Morgan fingerprint density at radius 1 is 0.960 bits per heavy atom. The van der Waals surface area contributed by atoms with Crippen LogP contribution in [0.5, 0.6) is 0 Å². The monoisotopic (exact) mass is 336 g/mol. The lowest BCUT2D eigenvalue weighted by atomic mass is 9.87. The number of fused-ring (bicyclic) bond motifs is 1. The van der Waals surface area contributed by atoms with Crippen LogP contribution in [0.2, 0.25) is 0 Å². The second-order valence-corrected chi connectivity index (χ2v) is 6.68. The lowest BCUT2D eigenvalue weighted by molar-refractivity contribution is 0.0928. The van der Waals surface area contributed by atoms with E-state index in [-0.39, 0.29) is 11.7 Å². The van der Waals surface area contributed by atoms with Gasteiger partial charge in [-0.15, -0.1) is 0 Å². The maximum absolute atomic E-state index is 13.0. The summed E-state index contributed by atoms with van der Waals surface area (Å²) in [5.74, 6) is 0.920. The number of aliphatic hydroxyl groups is 1. The largest absolute Gasteiger partial charge is 0.388 e. The van der Waals surface area contributed by atoms with Crippen LogP contribution in [0.25, 0.3) is 10.9 Å². The van der Waals surface area contributed by atoms with Gasteiger partial charge in [-0.05, 0) is 54.7 Å². The number of hydrogen-bond donors (Lipinski definition) is 1. The van der Waals surface area contributed by atoms with E-state index in [4.69, 9.17) is 4.98 Å². The quantitative estimate of drug-likeness (QED) is 0.774. The van der Waals surface area contributed by atoms with Crippen molar-refractivity contribution in [2.75, 3.05) is 18.0 Å². The van der Waals surface area contributed by atoms with E-state index in [1.165, 1.54) is 12.1 Å². The third kappa shape index (κ3) is 3.35. The average Bonchev–Trinajstić information content (AvgIpc) is 2.68. The highest BCUT2D eigenvalue weighted by molar-refractivity contribution is 5.80. The minimum Gasteiger partial charge on any atom is -0.388 e. The zero-order valence-electron chi connectivity index (χ0n) is 14.0. The summed E-state index contributed by atoms with van der Waals surface area (Å²) in [4.78, 5) is 7.04. The van der Waals surface area contributed by atoms with Crippen molar-refractivity contribution in [3.63, 3.8) is 0 Å². The van der Waals surface area contributed by atoms with Gasteiger partial charge in [-0.3, -0.25) is 0 Å². The Morgan fingerprint density at radius 3 is 2.44 bits per heavy atom. The van der Waals surface area contributed by atoms with Gasteiger partial charge < -0.3 is 10.0 Å². The van der Waals surface area contributed by atoms with Crippen LogP contribution in [0.1, 0.15) is 24.5 Å². The molecule has 1 aromatic heterocycles. The highest BCUT2D eigenvalue weighted by atomic mass is 19.1. The number of aromatic nitrogens is 1. The summed E-state index contributed by atoms with van der Waals surface area (Å²) in [6.45, 7) is 1.74. The van der Waals surface area contributed by atoms with Gasteiger partial charge in [-0.25, -0.2) is 9.37 Å². The molecule has 0 aliphatic carbocycles. The summed E-state index contributed by atoms with van der Waals surface area (Å²) in [6.07, 6.45) is 1.26. The Labute approximate surface area is 146 Å². The van der Waals surface area contributed by atoms with E-state index in [9.17, 15) is 9.50 Å². The summed E-state index contributed by atoms with van der Waals surface area (Å²) in [5.41, 5.74) is 1.80. The Morgan fingerprint density at radius 2 is 1.68 bits per heavy atom. The molecule has 3 nitrogen and oxygen atoms in total. The lowest BCUT2D eigenvalue weighted by Crippen LogP contribution is -2.36. The van der Waals surface area contributed by atoms with Gasteiger partial charge in [0, 0.05) is 18.5 Å². The Kier molecular flexibility index (Phi) is 4.36. The van der Waals surface area contributed by atoms with Crippen LogP contribution < -0.4 is 4.90 Å². The van der Waals surface area contributed by atoms with E-state index in [0.29, 0.717) is 0 Å². The van der Waals surface area contributed by atoms with Crippen LogP contribution >= 0.6 is 0 Å². The summed E-state index contributed by atoms with van der Waals surface area (Å²) in [5, 5.41) is 11.7. The average molecular weight is 336 g/mol. The molecule has 2 aromatic carbocycles. The molecule has 1 saturated heterocycles. The highest BCUT2D eigenvalue weighted by Crippen LogP contribution is 2.32. The number of aliphatic hydroxyl groups excluding tert-OH is 1. The molecule has 0 saturated carbocycles. The predicted octanol–water partition coefficient (Wildman–Crippen LogP) is 4.32. The number of piperidine rings is 1. The minimum absolute atomic E-state index is 0.196. The Bertz CT molecular complexity index is 857. The first-order valence-electron chi connectivity index (χ1n) is 8.75. The summed E-state index contributed by atoms with van der Waals surface area (Å²) < 4.78 is 13.0. The van der Waals surface area contributed by atoms with Gasteiger partial charge in [-0.2, -0.15) is 0 Å². The van der Waals surface area contributed by atoms with Gasteiger partial charge in [-0.1, -0.05) is 30.3 Å². The van der Waals surface area contributed by atoms with Crippen molar-refractivity contribution in [2.45, 2.75) is 18.9 Å². The van der Waals surface area contributed by atoms with Crippen molar-refractivity contribution >= 4 is 16.7 Å². The minimum atomic E-state index is -0.535. The zero-order valence-corrected chi connectivity index (χ0v) is 14.0. The summed E-state index contributed by atoms with van der Waals surface area (Å²) in [6, 6.07) is 18.5. The first-order valence-corrected chi connectivity index (χ1v) is 8.75. The van der Waals surface area contributed by atoms with Crippen LogP contribution in [0.15, 0.2) is 60.7 Å². The van der Waals surface area contributed by atoms with Gasteiger partial charge in [0.1, 0.15) is 11.6 Å². The number of benzene rings is 2. The standard InChI is InChI=1S/C21H21FN2O/c22-18-8-5-16(6-9-18)21(25)17-11-13-24(14-12-17)20-10-7-15-3-1-2-4-19(15)23-20/h1-10,17,21,25H,11-14H2. The van der Waals surface area contributed by atoms with E-state index < -0.39 is 6.10 Å². The van der Waals surface area contributed by atoms with Gasteiger partial charge in [0.2, 0.25) is 0 Å². The number of rotatable bonds is 3. The molecule has 0 amide bonds. The van der Waals surface area contributed by atoms with E-state index in [2.05, 4.69) is 23.1 Å². The normalized spacial score (nSPS) is 17.0. The molecule has 1 aliphatic heterocycles. The highest BCUT2D eigenvalue weighted by Gasteiger charge is 2.26. The van der Waals surface area contributed by atoms with Gasteiger partial charge in [0.25, 0.3) is 0 Å². The molecule has 3 aromatic rings. The van der Waals surface area contributed by atoms with Gasteiger partial charge in [0.05, 0.1) is 11.6 Å². The molecule has 25 heavy (non-hydrogen) atoms. The van der Waals surface area contributed by atoms with Crippen molar-refractivity contribution in [1.82, 2.24) is 4.98 Å². The van der Waals surface area contributed by atoms with Gasteiger partial charge in [0.15, 0.2) is 0 Å². The third-order valence-corrected chi connectivity index (χ3v) is 5.11. The molecular formula is C21H21FN2O. The van der Waals surface area contributed by atoms with Gasteiger partial charge >= 0.3 is 0 Å². The molecule has 1 atom stereocenters. The number of anilines is 1. The van der Waals surface area contributed by atoms with Crippen LogP contribution in [0, 0.1) is 11.7 Å². The van der Waals surface area contributed by atoms with Crippen LogP contribution in [-0.2, 0) is 0 Å². The maximum Gasteiger partial charge on any atom is 0.129 e.